The third-order valence-corrected chi connectivity index (χ3v) is 21.5. The largest absolute Gasteiger partial charge is 0.244 e. The van der Waals surface area contributed by atoms with Gasteiger partial charge in [0, 0.05) is 5.41 Å². The highest BCUT2D eigenvalue weighted by molar-refractivity contribution is 4.91. The summed E-state index contributed by atoms with van der Waals surface area (Å²) in [5.41, 5.74) is -5.41. The molecule has 0 saturated carbocycles. The predicted molar refractivity (Wildman–Crippen MR) is 385 cm³/mol. The van der Waals surface area contributed by atoms with Crippen LogP contribution < -0.4 is 0 Å². The van der Waals surface area contributed by atoms with Crippen LogP contribution >= 0.6 is 0 Å². The van der Waals surface area contributed by atoms with Crippen LogP contribution in [0.2, 0.25) is 0 Å². The second kappa shape index (κ2) is 49.1. The Hall–Kier alpha value is -0.490. The van der Waals surface area contributed by atoms with Crippen LogP contribution in [-0.4, -0.2) is 39.7 Å². The van der Waals surface area contributed by atoms with Crippen LogP contribution in [0.15, 0.2) is 0 Å². The highest BCUT2D eigenvalue weighted by Crippen LogP contribution is 2.44. The van der Waals surface area contributed by atoms with Gasteiger partial charge in [-0.05, 0) is 189 Å². The standard InChI is InChI=1S/C11H23F.2C10H21F.C10H22.C9H19F.C9H20.2C7H15F.C6H13F/c1-7-11(6,12)10(8(2)3)9(4)5;1-7(2)9(8(3)4)10(5,6)11;1-6-9(4,7-2)10(5,11)8-3;1-7-10(6,8-2)9(3,4)5;1-5-8(6-2)9(4,10)7-3;1-6-8(7-2)9(3,4)5;1-5-7(4,8)6(2)3;1-4-6-7(3,8)5-2;1-4-6(3,7)5-2/h8-10H,7H2,1-6H3;7-9H,1-6H3;6-8H2,1-5H3;7-8H2,1-6H3;8H,5-7H2,1-4H3;8H,6-7H2,1-5H3;6H,5H2,1-4H3;4-6H2,1-3H3;4-5H2,1-3H3. The van der Waals surface area contributed by atoms with Crippen LogP contribution in [-0.2, 0) is 0 Å². The number of hydrogen-bond donors (Lipinski definition) is 0. The van der Waals surface area contributed by atoms with Crippen molar-refractivity contribution in [2.24, 2.45) is 74.9 Å². The van der Waals surface area contributed by atoms with E-state index in [1.165, 1.54) is 25.7 Å². The van der Waals surface area contributed by atoms with Crippen molar-refractivity contribution < 1.29 is 30.7 Å². The number of rotatable bonds is 26. The van der Waals surface area contributed by atoms with Gasteiger partial charge in [0.05, 0.1) is 0 Å². The van der Waals surface area contributed by atoms with Crippen molar-refractivity contribution in [3.05, 3.63) is 0 Å². The summed E-state index contributed by atoms with van der Waals surface area (Å²) in [6.07, 6.45) is 15.0. The molecule has 0 aliphatic heterocycles. The van der Waals surface area contributed by atoms with Crippen LogP contribution in [0.4, 0.5) is 30.7 Å². The second-order valence-electron chi connectivity index (χ2n) is 32.0. The fourth-order valence-electron chi connectivity index (χ4n) is 11.8. The first-order valence-corrected chi connectivity index (χ1v) is 36.1. The molecule has 5 unspecified atom stereocenters. The summed E-state index contributed by atoms with van der Waals surface area (Å²) in [6, 6.07) is 0. The van der Waals surface area contributed by atoms with Gasteiger partial charge in [-0.25, -0.2) is 30.7 Å². The lowest BCUT2D eigenvalue weighted by Gasteiger charge is -2.40. The van der Waals surface area contributed by atoms with Gasteiger partial charge in [-0.1, -0.05) is 280 Å². The van der Waals surface area contributed by atoms with Gasteiger partial charge in [-0.3, -0.25) is 0 Å². The first kappa shape index (κ1) is 104. The fraction of sp³-hybridized carbons (Fsp3) is 1.00. The Bertz CT molecular complexity index is 1420. The van der Waals surface area contributed by atoms with Crippen LogP contribution in [0, 0.1) is 74.9 Å². The summed E-state index contributed by atoms with van der Waals surface area (Å²) in [5, 5.41) is 0. The molecular weight excluding hydrogens is 1080 g/mol. The molecule has 0 amide bonds. The van der Waals surface area contributed by atoms with E-state index in [4.69, 9.17) is 0 Å². The summed E-state index contributed by atoms with van der Waals surface area (Å²) < 4.78 is 93.2. The molecular formula is C79H169F7. The molecule has 86 heavy (non-hydrogen) atoms. The summed E-state index contributed by atoms with van der Waals surface area (Å²) in [4.78, 5) is 0. The molecule has 0 nitrogen and oxygen atoms in total. The quantitative estimate of drug-likeness (QED) is 0.0757. The van der Waals surface area contributed by atoms with E-state index in [0.717, 1.165) is 38.0 Å². The van der Waals surface area contributed by atoms with Crippen LogP contribution in [0.25, 0.3) is 0 Å². The normalized spacial score (nSPS) is 15.8. The Balaban J connectivity index is -0.000000111. The molecule has 0 aromatic carbocycles. The molecule has 7 heteroatoms. The topological polar surface area (TPSA) is 0 Å². The van der Waals surface area contributed by atoms with Crippen molar-refractivity contribution in [2.45, 2.75) is 440 Å². The van der Waals surface area contributed by atoms with E-state index in [1.807, 2.05) is 76.2 Å². The average Bonchev–Trinajstić information content (AvgIpc) is 3.38. The summed E-state index contributed by atoms with van der Waals surface area (Å²) in [7, 11) is 0. The summed E-state index contributed by atoms with van der Waals surface area (Å²) in [6.45, 7) is 85.1. The molecule has 0 radical (unpaired) electrons. The zero-order valence-corrected chi connectivity index (χ0v) is 67.4. The van der Waals surface area contributed by atoms with Crippen LogP contribution in [0.3, 0.4) is 0 Å². The number of alkyl halides is 7. The van der Waals surface area contributed by atoms with Crippen molar-refractivity contribution in [3.8, 4) is 0 Å². The molecule has 0 aromatic heterocycles. The molecule has 0 heterocycles. The lowest BCUT2D eigenvalue weighted by Crippen LogP contribution is -2.38. The minimum atomic E-state index is -1.04. The molecule has 5 atom stereocenters. The van der Waals surface area contributed by atoms with Crippen molar-refractivity contribution in [3.63, 3.8) is 0 Å². The van der Waals surface area contributed by atoms with Crippen molar-refractivity contribution in [1.82, 2.24) is 0 Å². The van der Waals surface area contributed by atoms with Gasteiger partial charge in [-0.15, -0.1) is 0 Å². The van der Waals surface area contributed by atoms with Gasteiger partial charge in [0.1, 0.15) is 39.7 Å². The van der Waals surface area contributed by atoms with Gasteiger partial charge >= 0.3 is 0 Å². The van der Waals surface area contributed by atoms with Gasteiger partial charge in [0.2, 0.25) is 0 Å². The van der Waals surface area contributed by atoms with Crippen LogP contribution in [0.5, 0.6) is 0 Å². The highest BCUT2D eigenvalue weighted by Gasteiger charge is 2.41. The van der Waals surface area contributed by atoms with Gasteiger partial charge in [-0.2, -0.15) is 0 Å². The Morgan fingerprint density at radius 1 is 0.279 bits per heavy atom. The third kappa shape index (κ3) is 48.3. The monoisotopic (exact) mass is 1250 g/mol. The van der Waals surface area contributed by atoms with Crippen molar-refractivity contribution in [1.29, 1.82) is 0 Å². The predicted octanol–water partition coefficient (Wildman–Crippen LogP) is 30.8. The zero-order valence-electron chi connectivity index (χ0n) is 67.4. The first-order valence-electron chi connectivity index (χ1n) is 36.1. The molecule has 0 fully saturated rings. The molecule has 0 aliphatic carbocycles. The number of halogens is 7. The first-order chi connectivity index (χ1) is 38.2. The van der Waals surface area contributed by atoms with E-state index < -0.39 is 39.7 Å². The van der Waals surface area contributed by atoms with E-state index in [2.05, 4.69) is 159 Å². The Labute approximate surface area is 542 Å². The molecule has 534 valence electrons. The number of hydrogen-bond acceptors (Lipinski definition) is 0. The maximum Gasteiger partial charge on any atom is 0.113 e. The minimum Gasteiger partial charge on any atom is -0.244 e. The van der Waals surface area contributed by atoms with Crippen molar-refractivity contribution >= 4 is 0 Å². The SMILES string of the molecule is CC(C)C(C(C)C)C(C)(C)F.CCC(C)(CC)C(C)(C)C.CCC(C)(F)C(C(C)C)C(C)C.CCC(C)(F)C(C)(CC)CC.CCC(C)(F)C(C)C.CCC(C)(F)CC.CCC(CC)C(C)(C)C.CCC(CC)C(C)(F)CC.CCCC(C)(F)CC. The molecule has 0 N–H and O–H groups in total. The highest BCUT2D eigenvalue weighted by atomic mass is 19.2. The van der Waals surface area contributed by atoms with E-state index in [9.17, 15) is 30.7 Å². The molecule has 0 saturated heterocycles. The third-order valence-electron chi connectivity index (χ3n) is 21.5. The zero-order chi connectivity index (χ0) is 71.7. The van der Waals surface area contributed by atoms with E-state index in [0.29, 0.717) is 91.3 Å². The molecule has 0 aromatic rings. The van der Waals surface area contributed by atoms with Gasteiger partial charge < -0.3 is 0 Å². The molecule has 0 aliphatic rings. The average molecular weight is 1250 g/mol. The minimum absolute atomic E-state index is 0.137. The Kier molecular flexibility index (Phi) is 59.6. The van der Waals surface area contributed by atoms with Crippen LogP contribution in [0.1, 0.15) is 400 Å². The Morgan fingerprint density at radius 2 is 0.558 bits per heavy atom. The second-order valence-corrected chi connectivity index (χ2v) is 32.0. The summed E-state index contributed by atoms with van der Waals surface area (Å²) in [5.74, 6) is 3.36. The maximum absolute atomic E-state index is 14.0. The lowest BCUT2D eigenvalue weighted by atomic mass is 9.65. The molecule has 0 rings (SSSR count). The molecule has 0 bridgehead atoms. The van der Waals surface area contributed by atoms with E-state index in [1.54, 1.807) is 55.4 Å². The fourth-order valence-corrected chi connectivity index (χ4v) is 11.8. The van der Waals surface area contributed by atoms with Gasteiger partial charge in [0.15, 0.2) is 0 Å². The van der Waals surface area contributed by atoms with Crippen molar-refractivity contribution in [2.75, 3.05) is 0 Å². The Morgan fingerprint density at radius 3 is 0.605 bits per heavy atom. The van der Waals surface area contributed by atoms with Gasteiger partial charge in [0.25, 0.3) is 0 Å². The molecule has 0 spiro atoms. The van der Waals surface area contributed by atoms with E-state index >= 15 is 0 Å². The lowest BCUT2D eigenvalue weighted by molar-refractivity contribution is 0.00941. The maximum atomic E-state index is 14.0. The summed E-state index contributed by atoms with van der Waals surface area (Å²) >= 11 is 0. The smallest absolute Gasteiger partial charge is 0.113 e. The van der Waals surface area contributed by atoms with E-state index in [-0.39, 0.29) is 29.1 Å².